The highest BCUT2D eigenvalue weighted by Gasteiger charge is 2.32. The van der Waals surface area contributed by atoms with Crippen LogP contribution in [-0.4, -0.2) is 36.4 Å². The molecule has 9 heteroatoms. The lowest BCUT2D eigenvalue weighted by atomic mass is 9.91. The number of ether oxygens (including phenoxy) is 1. The number of carboxylic acid groups (broad SMARTS) is 1. The van der Waals surface area contributed by atoms with Crippen LogP contribution in [0.3, 0.4) is 0 Å². The molecular formula is C33H29ClN4O3S. The van der Waals surface area contributed by atoms with Crippen LogP contribution in [0.15, 0.2) is 73.1 Å². The van der Waals surface area contributed by atoms with Crippen LogP contribution in [0.5, 0.6) is 0 Å². The summed E-state index contributed by atoms with van der Waals surface area (Å²) in [6.45, 7) is 7.48. The van der Waals surface area contributed by atoms with Crippen molar-refractivity contribution in [2.75, 3.05) is 0 Å². The quantitative estimate of drug-likeness (QED) is 0.207. The molecule has 3 aromatic carbocycles. The molecule has 6 rings (SSSR count). The molecule has 0 unspecified atom stereocenters. The van der Waals surface area contributed by atoms with E-state index in [1.54, 1.807) is 6.20 Å². The lowest BCUT2D eigenvalue weighted by Gasteiger charge is -2.28. The van der Waals surface area contributed by atoms with Crippen LogP contribution in [0.2, 0.25) is 5.02 Å². The third-order valence-corrected chi connectivity index (χ3v) is 8.46. The Bertz CT molecular complexity index is 1970. The van der Waals surface area contributed by atoms with Gasteiger partial charge in [-0.05, 0) is 81.3 Å². The lowest BCUT2D eigenvalue weighted by molar-refractivity contribution is -0.160. The Hall–Kier alpha value is -4.11. The number of thiazole rings is 1. The molecule has 0 saturated carbocycles. The van der Waals surface area contributed by atoms with Gasteiger partial charge in [0.15, 0.2) is 6.10 Å². The zero-order valence-electron chi connectivity index (χ0n) is 23.8. The van der Waals surface area contributed by atoms with E-state index in [0.29, 0.717) is 10.6 Å². The van der Waals surface area contributed by atoms with Crippen molar-refractivity contribution in [3.63, 3.8) is 0 Å². The summed E-state index contributed by atoms with van der Waals surface area (Å²) < 4.78 is 8.86. The largest absolute Gasteiger partial charge is 0.479 e. The smallest absolute Gasteiger partial charge is 0.337 e. The van der Waals surface area contributed by atoms with Crippen molar-refractivity contribution in [3.8, 4) is 33.0 Å². The van der Waals surface area contributed by atoms with Crippen molar-refractivity contribution in [1.82, 2.24) is 19.7 Å². The van der Waals surface area contributed by atoms with Gasteiger partial charge in [0.1, 0.15) is 5.01 Å². The number of benzene rings is 3. The summed E-state index contributed by atoms with van der Waals surface area (Å²) in [4.78, 5) is 22.3. The summed E-state index contributed by atoms with van der Waals surface area (Å²) in [5.41, 5.74) is 6.96. The Balaban J connectivity index is 1.53. The summed E-state index contributed by atoms with van der Waals surface area (Å²) >= 11 is 7.75. The molecular weight excluding hydrogens is 568 g/mol. The van der Waals surface area contributed by atoms with E-state index < -0.39 is 17.7 Å². The van der Waals surface area contributed by atoms with Gasteiger partial charge in [-0.2, -0.15) is 5.10 Å². The molecule has 0 aliphatic heterocycles. The molecule has 1 atom stereocenters. The van der Waals surface area contributed by atoms with Crippen LogP contribution in [0.4, 0.5) is 0 Å². The minimum Gasteiger partial charge on any atom is -0.479 e. The molecule has 0 saturated heterocycles. The van der Waals surface area contributed by atoms with Crippen molar-refractivity contribution in [2.24, 2.45) is 7.05 Å². The Kier molecular flexibility index (Phi) is 7.09. The summed E-state index contributed by atoms with van der Waals surface area (Å²) in [5.74, 6) is -1.04. The zero-order chi connectivity index (χ0) is 29.8. The third-order valence-electron chi connectivity index (χ3n) is 7.07. The maximum Gasteiger partial charge on any atom is 0.337 e. The van der Waals surface area contributed by atoms with Gasteiger partial charge < -0.3 is 9.84 Å². The van der Waals surface area contributed by atoms with Crippen molar-refractivity contribution in [2.45, 2.75) is 39.4 Å². The minimum atomic E-state index is -1.17. The van der Waals surface area contributed by atoms with Crippen LogP contribution in [0.1, 0.15) is 38.0 Å². The lowest BCUT2D eigenvalue weighted by Crippen LogP contribution is -2.28. The van der Waals surface area contributed by atoms with Gasteiger partial charge >= 0.3 is 5.97 Å². The topological polar surface area (TPSA) is 90.1 Å². The zero-order valence-corrected chi connectivity index (χ0v) is 25.4. The summed E-state index contributed by atoms with van der Waals surface area (Å²) in [6.07, 6.45) is 2.47. The Labute approximate surface area is 252 Å². The van der Waals surface area contributed by atoms with Gasteiger partial charge in [0.2, 0.25) is 0 Å². The molecule has 0 fully saturated rings. The molecule has 0 bridgehead atoms. The van der Waals surface area contributed by atoms with E-state index in [1.165, 1.54) is 11.3 Å². The monoisotopic (exact) mass is 596 g/mol. The van der Waals surface area contributed by atoms with Gasteiger partial charge in [0.05, 0.1) is 33.2 Å². The second kappa shape index (κ2) is 10.6. The van der Waals surface area contributed by atoms with Gasteiger partial charge in [-0.1, -0.05) is 29.8 Å². The molecule has 7 nitrogen and oxygen atoms in total. The highest BCUT2D eigenvalue weighted by Crippen LogP contribution is 2.44. The van der Waals surface area contributed by atoms with Crippen molar-refractivity contribution >= 4 is 50.0 Å². The predicted molar refractivity (Wildman–Crippen MR) is 169 cm³/mol. The second-order valence-corrected chi connectivity index (χ2v) is 12.7. The van der Waals surface area contributed by atoms with Crippen LogP contribution < -0.4 is 0 Å². The fraction of sp³-hybridized carbons (Fsp3) is 0.212. The standard InChI is InChI=1S/C33H29ClN4O3S/c1-18-14-25-30(28(19-6-9-23(34)10-7-19)27(18)29(32(39)40)41-33(2,3)4)42-31(37-25)21-12-13-35-24(16-21)20-8-11-26-22(15-20)17-36-38(26)5/h6-17,29H,1-5H3,(H,39,40)/t29-/m0/s1. The van der Waals surface area contributed by atoms with E-state index in [0.717, 1.165) is 59.6 Å². The summed E-state index contributed by atoms with van der Waals surface area (Å²) in [6, 6.07) is 19.6. The molecule has 212 valence electrons. The number of aryl methyl sites for hydroxylation is 2. The number of aromatic nitrogens is 4. The molecule has 0 spiro atoms. The Morgan fingerprint density at radius 1 is 1.02 bits per heavy atom. The normalized spacial score (nSPS) is 12.7. The number of hydrogen-bond acceptors (Lipinski definition) is 6. The Morgan fingerprint density at radius 3 is 2.48 bits per heavy atom. The molecule has 3 aromatic heterocycles. The minimum absolute atomic E-state index is 0.601. The Morgan fingerprint density at radius 2 is 1.76 bits per heavy atom. The molecule has 6 aromatic rings. The number of nitrogens with zero attached hydrogens (tertiary/aromatic N) is 4. The van der Waals surface area contributed by atoms with Crippen LogP contribution in [0.25, 0.3) is 54.1 Å². The van der Waals surface area contributed by atoms with Gasteiger partial charge in [-0.3, -0.25) is 9.67 Å². The van der Waals surface area contributed by atoms with Crippen LogP contribution >= 0.6 is 22.9 Å². The van der Waals surface area contributed by atoms with Crippen LogP contribution in [-0.2, 0) is 16.6 Å². The van der Waals surface area contributed by atoms with Crippen molar-refractivity contribution in [1.29, 1.82) is 0 Å². The highest BCUT2D eigenvalue weighted by molar-refractivity contribution is 7.22. The SMILES string of the molecule is Cc1cc2nc(-c3ccnc(-c4ccc5c(cnn5C)c4)c3)sc2c(-c2ccc(Cl)cc2)c1[C@H](OC(C)(C)C)C(=O)O. The maximum atomic E-state index is 12.6. The van der Waals surface area contributed by atoms with Gasteiger partial charge in [0.25, 0.3) is 0 Å². The van der Waals surface area contributed by atoms with Gasteiger partial charge in [-0.25, -0.2) is 9.78 Å². The highest BCUT2D eigenvalue weighted by atomic mass is 35.5. The third kappa shape index (κ3) is 5.29. The predicted octanol–water partition coefficient (Wildman–Crippen LogP) is 8.48. The average Bonchev–Trinajstić information content (AvgIpc) is 3.54. The van der Waals surface area contributed by atoms with Gasteiger partial charge in [0, 0.05) is 45.9 Å². The first-order valence-corrected chi connectivity index (χ1v) is 14.7. The van der Waals surface area contributed by atoms with E-state index in [4.69, 9.17) is 21.3 Å². The molecule has 0 aliphatic rings. The number of carbonyl (C=O) groups is 1. The van der Waals surface area contributed by atoms with Crippen molar-refractivity contribution < 1.29 is 14.6 Å². The van der Waals surface area contributed by atoms with E-state index in [-0.39, 0.29) is 0 Å². The van der Waals surface area contributed by atoms with E-state index in [2.05, 4.69) is 16.1 Å². The van der Waals surface area contributed by atoms with Crippen LogP contribution in [0, 0.1) is 6.92 Å². The van der Waals surface area contributed by atoms with Gasteiger partial charge in [-0.15, -0.1) is 11.3 Å². The first-order chi connectivity index (χ1) is 20.0. The number of aliphatic carboxylic acids is 1. The molecule has 1 N–H and O–H groups in total. The van der Waals surface area contributed by atoms with E-state index in [1.807, 2.05) is 100 Å². The summed E-state index contributed by atoms with van der Waals surface area (Å²) in [7, 11) is 1.92. The number of hydrogen-bond donors (Lipinski definition) is 1. The maximum absolute atomic E-state index is 12.6. The average molecular weight is 597 g/mol. The van der Waals surface area contributed by atoms with E-state index >= 15 is 0 Å². The first-order valence-electron chi connectivity index (χ1n) is 13.5. The first kappa shape index (κ1) is 28.0. The number of rotatable bonds is 6. The second-order valence-electron chi connectivity index (χ2n) is 11.3. The number of halogens is 1. The van der Waals surface area contributed by atoms with E-state index in [9.17, 15) is 9.90 Å². The summed E-state index contributed by atoms with van der Waals surface area (Å²) in [5, 5.41) is 17.1. The fourth-order valence-electron chi connectivity index (χ4n) is 5.21. The number of carboxylic acids is 1. The number of fused-ring (bicyclic) bond motifs is 2. The molecule has 0 aliphatic carbocycles. The molecule has 0 radical (unpaired) electrons. The molecule has 42 heavy (non-hydrogen) atoms. The van der Waals surface area contributed by atoms with Crippen molar-refractivity contribution in [3.05, 3.63) is 89.2 Å². The number of pyridine rings is 1. The molecule has 0 amide bonds. The molecule has 3 heterocycles. The fourth-order valence-corrected chi connectivity index (χ4v) is 6.45.